The third-order valence-corrected chi connectivity index (χ3v) is 11.1. The van der Waals surface area contributed by atoms with Crippen LogP contribution in [0.4, 0.5) is 0 Å². The van der Waals surface area contributed by atoms with Gasteiger partial charge in [0.1, 0.15) is 5.52 Å². The number of ether oxygens (including phenoxy) is 1. The third-order valence-electron chi connectivity index (χ3n) is 11.1. The molecular weight excluding hydrogens is 422 g/mol. The molecule has 5 heteroatoms. The molecule has 6 rings (SSSR count). The van der Waals surface area contributed by atoms with Crippen LogP contribution in [0.5, 0.6) is 0 Å². The summed E-state index contributed by atoms with van der Waals surface area (Å²) >= 11 is 0. The van der Waals surface area contributed by atoms with E-state index in [4.69, 9.17) is 4.74 Å². The largest absolute Gasteiger partial charge is 0.384 e. The van der Waals surface area contributed by atoms with Crippen molar-refractivity contribution in [2.24, 2.45) is 46.3 Å². The Kier molecular flexibility index (Phi) is 5.63. The second-order valence-corrected chi connectivity index (χ2v) is 12.6. The minimum absolute atomic E-state index is 0.148. The summed E-state index contributed by atoms with van der Waals surface area (Å²) in [5, 5.41) is 5.67. The van der Waals surface area contributed by atoms with Gasteiger partial charge in [0.25, 0.3) is 0 Å². The second kappa shape index (κ2) is 8.43. The van der Waals surface area contributed by atoms with E-state index in [0.29, 0.717) is 23.7 Å². The van der Waals surface area contributed by atoms with Gasteiger partial charge in [-0.2, -0.15) is 5.10 Å². The van der Waals surface area contributed by atoms with Crippen molar-refractivity contribution in [3.05, 3.63) is 24.7 Å². The first-order chi connectivity index (χ1) is 16.4. The number of rotatable bonds is 5. The number of ketones is 1. The van der Waals surface area contributed by atoms with Crippen molar-refractivity contribution in [2.45, 2.75) is 78.2 Å². The molecule has 2 aromatic heterocycles. The van der Waals surface area contributed by atoms with Crippen LogP contribution in [0.2, 0.25) is 0 Å². The van der Waals surface area contributed by atoms with Gasteiger partial charge in [0, 0.05) is 30.8 Å². The SMILES string of the molecule is COCC12CC[C@H](C)CC1CCC1C3CCC(C(=O)Cn4cc5ccncc5n4)C3(C)CCC12. The van der Waals surface area contributed by atoms with Gasteiger partial charge in [-0.1, -0.05) is 20.3 Å². The van der Waals surface area contributed by atoms with Gasteiger partial charge in [-0.25, -0.2) is 0 Å². The summed E-state index contributed by atoms with van der Waals surface area (Å²) in [6.07, 6.45) is 17.2. The summed E-state index contributed by atoms with van der Waals surface area (Å²) in [5.74, 6) is 4.51. The van der Waals surface area contributed by atoms with E-state index in [1.165, 1.54) is 51.4 Å². The molecule has 4 saturated carbocycles. The Bertz CT molecular complexity index is 1030. The molecule has 4 aliphatic carbocycles. The van der Waals surface area contributed by atoms with Crippen LogP contribution >= 0.6 is 0 Å². The molecule has 0 amide bonds. The van der Waals surface area contributed by atoms with E-state index in [0.717, 1.165) is 47.6 Å². The number of hydrogen-bond acceptors (Lipinski definition) is 4. The smallest absolute Gasteiger partial charge is 0.157 e. The molecule has 2 heterocycles. The topological polar surface area (TPSA) is 57.0 Å². The fourth-order valence-corrected chi connectivity index (χ4v) is 9.61. The minimum Gasteiger partial charge on any atom is -0.384 e. The van der Waals surface area contributed by atoms with Gasteiger partial charge in [0.2, 0.25) is 0 Å². The number of fused-ring (bicyclic) bond motifs is 6. The molecule has 0 saturated heterocycles. The van der Waals surface area contributed by atoms with Crippen LogP contribution in [-0.2, 0) is 16.1 Å². The van der Waals surface area contributed by atoms with Crippen LogP contribution in [-0.4, -0.2) is 34.3 Å². The number of pyridine rings is 1. The summed E-state index contributed by atoms with van der Waals surface area (Å²) < 4.78 is 7.79. The van der Waals surface area contributed by atoms with Crippen molar-refractivity contribution in [3.63, 3.8) is 0 Å². The number of nitrogens with zero attached hydrogens (tertiary/aromatic N) is 3. The lowest BCUT2D eigenvalue weighted by molar-refractivity contribution is -0.154. The normalized spacial score (nSPS) is 41.6. The van der Waals surface area contributed by atoms with Crippen LogP contribution in [0.15, 0.2) is 24.7 Å². The van der Waals surface area contributed by atoms with Crippen LogP contribution in [0.1, 0.15) is 71.6 Å². The number of carbonyl (C=O) groups excluding carboxylic acids is 1. The third kappa shape index (κ3) is 3.40. The highest BCUT2D eigenvalue weighted by Crippen LogP contribution is 2.68. The van der Waals surface area contributed by atoms with Gasteiger partial charge in [0.05, 0.1) is 19.3 Å². The van der Waals surface area contributed by atoms with E-state index in [1.807, 2.05) is 24.1 Å². The molecule has 4 aliphatic rings. The molecule has 0 aromatic carbocycles. The monoisotopic (exact) mass is 463 g/mol. The lowest BCUT2D eigenvalue weighted by Crippen LogP contribution is -2.56. The van der Waals surface area contributed by atoms with E-state index in [2.05, 4.69) is 23.9 Å². The lowest BCUT2D eigenvalue weighted by Gasteiger charge is -2.61. The van der Waals surface area contributed by atoms with E-state index < -0.39 is 0 Å². The Labute approximate surface area is 204 Å². The summed E-state index contributed by atoms with van der Waals surface area (Å²) in [6, 6.07) is 1.97. The van der Waals surface area contributed by atoms with Crippen molar-refractivity contribution in [3.8, 4) is 0 Å². The molecule has 0 spiro atoms. The van der Waals surface area contributed by atoms with Crippen molar-refractivity contribution in [1.82, 2.24) is 14.8 Å². The number of Topliss-reactive ketones (excluding diaryl/α,β-unsaturated/α-hetero) is 1. The fraction of sp³-hybridized carbons (Fsp3) is 0.759. The Balaban J connectivity index is 1.23. The van der Waals surface area contributed by atoms with Crippen molar-refractivity contribution < 1.29 is 9.53 Å². The van der Waals surface area contributed by atoms with Gasteiger partial charge in [-0.05, 0) is 97.9 Å². The zero-order chi connectivity index (χ0) is 23.5. The van der Waals surface area contributed by atoms with Gasteiger partial charge < -0.3 is 4.74 Å². The number of carbonyl (C=O) groups is 1. The summed E-state index contributed by atoms with van der Waals surface area (Å²) in [7, 11) is 1.92. The molecule has 184 valence electrons. The lowest BCUT2D eigenvalue weighted by atomic mass is 9.44. The highest BCUT2D eigenvalue weighted by Gasteiger charge is 2.62. The Morgan fingerprint density at radius 2 is 2.03 bits per heavy atom. The maximum absolute atomic E-state index is 13.6. The van der Waals surface area contributed by atoms with Crippen LogP contribution in [0, 0.1) is 46.3 Å². The van der Waals surface area contributed by atoms with Gasteiger partial charge in [0.15, 0.2) is 5.78 Å². The molecule has 0 bridgehead atoms. The minimum atomic E-state index is 0.148. The van der Waals surface area contributed by atoms with Gasteiger partial charge in [-0.3, -0.25) is 14.5 Å². The van der Waals surface area contributed by atoms with Crippen molar-refractivity contribution in [2.75, 3.05) is 13.7 Å². The van der Waals surface area contributed by atoms with Gasteiger partial charge in [-0.15, -0.1) is 0 Å². The van der Waals surface area contributed by atoms with E-state index >= 15 is 0 Å². The summed E-state index contributed by atoms with van der Waals surface area (Å²) in [5.41, 5.74) is 1.40. The maximum atomic E-state index is 13.6. The molecular formula is C29H41N3O2. The molecule has 8 atom stereocenters. The first-order valence-electron chi connectivity index (χ1n) is 13.7. The highest BCUT2D eigenvalue weighted by molar-refractivity contribution is 5.83. The molecule has 34 heavy (non-hydrogen) atoms. The quantitative estimate of drug-likeness (QED) is 0.552. The maximum Gasteiger partial charge on any atom is 0.157 e. The standard InChI is InChI=1S/C29H41N3O2/c1-19-8-12-29(18-34-3)21(14-19)4-5-22-23-6-7-25(28(23,2)11-9-24(22)29)27(33)17-32-16-20-10-13-30-15-26(20)31-32/h10,13,15-16,19,21-25H,4-9,11-12,14,17-18H2,1-3H3/t19-,21?,22?,23?,24?,25?,28?,29?/m0/s1. The fourth-order valence-electron chi connectivity index (χ4n) is 9.61. The number of aromatic nitrogens is 3. The highest BCUT2D eigenvalue weighted by atomic mass is 16.5. The van der Waals surface area contributed by atoms with E-state index in [-0.39, 0.29) is 11.3 Å². The first kappa shape index (κ1) is 22.7. The Morgan fingerprint density at radius 3 is 2.85 bits per heavy atom. The molecule has 0 radical (unpaired) electrons. The zero-order valence-electron chi connectivity index (χ0n) is 21.2. The predicted octanol–water partition coefficient (Wildman–Crippen LogP) is 5.92. The van der Waals surface area contributed by atoms with E-state index in [1.54, 1.807) is 12.4 Å². The molecule has 0 aliphatic heterocycles. The van der Waals surface area contributed by atoms with Crippen LogP contribution in [0.3, 0.4) is 0 Å². The van der Waals surface area contributed by atoms with Crippen molar-refractivity contribution >= 4 is 16.7 Å². The Hall–Kier alpha value is -1.75. The van der Waals surface area contributed by atoms with Crippen LogP contribution < -0.4 is 0 Å². The first-order valence-corrected chi connectivity index (χ1v) is 13.7. The number of hydrogen-bond donors (Lipinski definition) is 0. The molecule has 4 fully saturated rings. The molecule has 0 N–H and O–H groups in total. The second-order valence-electron chi connectivity index (χ2n) is 12.6. The molecule has 2 aromatic rings. The molecule has 5 nitrogen and oxygen atoms in total. The summed E-state index contributed by atoms with van der Waals surface area (Å²) in [4.78, 5) is 17.8. The van der Waals surface area contributed by atoms with Gasteiger partial charge >= 0.3 is 0 Å². The zero-order valence-corrected chi connectivity index (χ0v) is 21.2. The average Bonchev–Trinajstić information content (AvgIpc) is 3.39. The predicted molar refractivity (Wildman–Crippen MR) is 133 cm³/mol. The average molecular weight is 464 g/mol. The Morgan fingerprint density at radius 1 is 1.15 bits per heavy atom. The van der Waals surface area contributed by atoms with Crippen LogP contribution in [0.25, 0.3) is 10.9 Å². The summed E-state index contributed by atoms with van der Waals surface area (Å²) in [6.45, 7) is 6.25. The molecule has 7 unspecified atom stereocenters. The number of methoxy groups -OCH3 is 1. The van der Waals surface area contributed by atoms with E-state index in [9.17, 15) is 4.79 Å². The van der Waals surface area contributed by atoms with Crippen molar-refractivity contribution in [1.29, 1.82) is 0 Å².